The number of urea groups is 1. The van der Waals surface area contributed by atoms with E-state index in [4.69, 9.17) is 11.6 Å². The van der Waals surface area contributed by atoms with Crippen LogP contribution in [0.25, 0.3) is 0 Å². The van der Waals surface area contributed by atoms with E-state index in [1.54, 1.807) is 0 Å². The van der Waals surface area contributed by atoms with Crippen LogP contribution in [0.3, 0.4) is 0 Å². The van der Waals surface area contributed by atoms with Gasteiger partial charge in [-0.1, -0.05) is 41.9 Å². The Morgan fingerprint density at radius 3 is 2.59 bits per heavy atom. The molecule has 0 aromatic heterocycles. The van der Waals surface area contributed by atoms with Gasteiger partial charge in [0.25, 0.3) is 0 Å². The summed E-state index contributed by atoms with van der Waals surface area (Å²) < 4.78 is 13.0. The van der Waals surface area contributed by atoms with Crippen LogP contribution in [0.2, 0.25) is 5.02 Å². The third-order valence-corrected chi connectivity index (χ3v) is 3.35. The molecule has 1 atom stereocenters. The van der Waals surface area contributed by atoms with Gasteiger partial charge in [0.2, 0.25) is 0 Å². The van der Waals surface area contributed by atoms with Crippen molar-refractivity contribution in [3.05, 3.63) is 64.9 Å². The first kappa shape index (κ1) is 16.3. The highest BCUT2D eigenvalue weighted by Gasteiger charge is 2.12. The Labute approximate surface area is 132 Å². The molecule has 0 aliphatic carbocycles. The quantitative estimate of drug-likeness (QED) is 0.791. The molecule has 2 aromatic rings. The molecule has 2 rings (SSSR count). The number of aliphatic hydroxyl groups is 1. The fraction of sp³-hybridized carbons (Fsp3) is 0.188. The minimum Gasteiger partial charge on any atom is -0.394 e. The summed E-state index contributed by atoms with van der Waals surface area (Å²) in [5, 5.41) is 14.5. The zero-order valence-electron chi connectivity index (χ0n) is 11.7. The molecule has 0 aliphatic heterocycles. The lowest BCUT2D eigenvalue weighted by molar-refractivity contribution is 0.224. The average Bonchev–Trinajstić information content (AvgIpc) is 2.51. The third kappa shape index (κ3) is 4.72. The highest BCUT2D eigenvalue weighted by atomic mass is 35.5. The summed E-state index contributed by atoms with van der Waals surface area (Å²) in [5.41, 5.74) is 1.38. The van der Waals surface area contributed by atoms with Gasteiger partial charge in [-0.15, -0.1) is 0 Å². The van der Waals surface area contributed by atoms with Crippen molar-refractivity contribution in [2.75, 3.05) is 11.9 Å². The third-order valence-electron chi connectivity index (χ3n) is 3.06. The summed E-state index contributed by atoms with van der Waals surface area (Å²) in [4.78, 5) is 11.9. The number of nitrogens with one attached hydrogen (secondary N) is 2. The van der Waals surface area contributed by atoms with Gasteiger partial charge in [-0.05, 0) is 30.2 Å². The number of carbonyl (C=O) groups excluding carboxylic acids is 1. The number of halogens is 2. The summed E-state index contributed by atoms with van der Waals surface area (Å²) in [6, 6.07) is 12.5. The Morgan fingerprint density at radius 1 is 1.23 bits per heavy atom. The van der Waals surface area contributed by atoms with Crippen molar-refractivity contribution in [1.82, 2.24) is 5.32 Å². The van der Waals surface area contributed by atoms with Crippen molar-refractivity contribution in [3.63, 3.8) is 0 Å². The van der Waals surface area contributed by atoms with Gasteiger partial charge < -0.3 is 15.7 Å². The number of anilines is 1. The molecule has 4 nitrogen and oxygen atoms in total. The number of aliphatic hydroxyl groups excluding tert-OH is 1. The fourth-order valence-electron chi connectivity index (χ4n) is 1.99. The normalized spacial score (nSPS) is 11.8. The van der Waals surface area contributed by atoms with Crippen molar-refractivity contribution in [2.24, 2.45) is 0 Å². The van der Waals surface area contributed by atoms with Gasteiger partial charge in [0.15, 0.2) is 0 Å². The topological polar surface area (TPSA) is 61.4 Å². The standard InChI is InChI=1S/C16H16ClFN2O2/c17-14-9-12(6-7-15(14)18)19-16(22)20-13(10-21)8-11-4-2-1-3-5-11/h1-7,9,13,21H,8,10H2,(H2,19,20,22). The number of carbonyl (C=O) groups is 1. The molecule has 116 valence electrons. The number of rotatable bonds is 5. The van der Waals surface area contributed by atoms with Crippen molar-refractivity contribution in [1.29, 1.82) is 0 Å². The predicted octanol–water partition coefficient (Wildman–Crippen LogP) is 3.20. The summed E-state index contributed by atoms with van der Waals surface area (Å²) in [6.07, 6.45) is 0.509. The van der Waals surface area contributed by atoms with Crippen LogP contribution < -0.4 is 10.6 Å². The number of hydrogen-bond acceptors (Lipinski definition) is 2. The molecule has 1 unspecified atom stereocenters. The molecular formula is C16H16ClFN2O2. The van der Waals surface area contributed by atoms with Crippen LogP contribution in [-0.2, 0) is 6.42 Å². The first-order chi connectivity index (χ1) is 10.6. The van der Waals surface area contributed by atoms with Gasteiger partial charge in [0, 0.05) is 5.69 Å². The largest absolute Gasteiger partial charge is 0.394 e. The second-order valence-corrected chi connectivity index (χ2v) is 5.20. The number of amides is 2. The molecule has 0 fully saturated rings. The molecule has 6 heteroatoms. The van der Waals surface area contributed by atoms with Crippen molar-refractivity contribution >= 4 is 23.3 Å². The van der Waals surface area contributed by atoms with Gasteiger partial charge in [-0.2, -0.15) is 0 Å². The Kier molecular flexibility index (Phi) is 5.75. The molecule has 0 saturated heterocycles. The van der Waals surface area contributed by atoms with Gasteiger partial charge in [0.05, 0.1) is 17.7 Å². The van der Waals surface area contributed by atoms with Crippen molar-refractivity contribution in [3.8, 4) is 0 Å². The molecule has 3 N–H and O–H groups in total. The molecule has 0 heterocycles. The Bertz CT molecular complexity index is 637. The van der Waals surface area contributed by atoms with Crippen LogP contribution >= 0.6 is 11.6 Å². The Morgan fingerprint density at radius 2 is 1.95 bits per heavy atom. The predicted molar refractivity (Wildman–Crippen MR) is 84.6 cm³/mol. The van der Waals surface area contributed by atoms with E-state index in [0.29, 0.717) is 12.1 Å². The van der Waals surface area contributed by atoms with Crippen molar-refractivity contribution in [2.45, 2.75) is 12.5 Å². The monoisotopic (exact) mass is 322 g/mol. The van der Waals surface area contributed by atoms with Crippen molar-refractivity contribution < 1.29 is 14.3 Å². The number of benzene rings is 2. The Hall–Kier alpha value is -2.11. The highest BCUT2D eigenvalue weighted by molar-refractivity contribution is 6.31. The van der Waals surface area contributed by atoms with Crippen LogP contribution in [0.1, 0.15) is 5.56 Å². The van der Waals surface area contributed by atoms with Gasteiger partial charge in [-0.25, -0.2) is 9.18 Å². The van der Waals surface area contributed by atoms with E-state index in [9.17, 15) is 14.3 Å². The minimum absolute atomic E-state index is 0.0687. The molecule has 0 spiro atoms. The van der Waals surface area contributed by atoms with Crippen LogP contribution in [0.15, 0.2) is 48.5 Å². The van der Waals surface area contributed by atoms with E-state index < -0.39 is 17.9 Å². The highest BCUT2D eigenvalue weighted by Crippen LogP contribution is 2.19. The first-order valence-electron chi connectivity index (χ1n) is 6.76. The minimum atomic E-state index is -0.551. The van der Waals surface area contributed by atoms with Gasteiger partial charge in [0.1, 0.15) is 5.82 Å². The van der Waals surface area contributed by atoms with Crippen LogP contribution in [0.4, 0.5) is 14.9 Å². The van der Waals surface area contributed by atoms with E-state index in [1.807, 2.05) is 30.3 Å². The van der Waals surface area contributed by atoms with Gasteiger partial charge in [-0.3, -0.25) is 0 Å². The second-order valence-electron chi connectivity index (χ2n) is 4.80. The van der Waals surface area contributed by atoms with Crippen LogP contribution in [-0.4, -0.2) is 23.8 Å². The molecule has 0 bridgehead atoms. The summed E-state index contributed by atoms with van der Waals surface area (Å²) >= 11 is 5.65. The van der Waals surface area contributed by atoms with Crippen LogP contribution in [0.5, 0.6) is 0 Å². The maximum atomic E-state index is 13.0. The zero-order valence-corrected chi connectivity index (χ0v) is 12.5. The number of hydrogen-bond donors (Lipinski definition) is 3. The van der Waals surface area contributed by atoms with E-state index in [-0.39, 0.29) is 11.6 Å². The summed E-state index contributed by atoms with van der Waals surface area (Å²) in [7, 11) is 0. The lowest BCUT2D eigenvalue weighted by atomic mass is 10.1. The lowest BCUT2D eigenvalue weighted by Crippen LogP contribution is -2.41. The van der Waals surface area contributed by atoms with Gasteiger partial charge >= 0.3 is 6.03 Å². The SMILES string of the molecule is O=C(Nc1ccc(F)c(Cl)c1)NC(CO)Cc1ccccc1. The smallest absolute Gasteiger partial charge is 0.319 e. The maximum Gasteiger partial charge on any atom is 0.319 e. The molecule has 0 radical (unpaired) electrons. The molecule has 0 aliphatic rings. The molecular weight excluding hydrogens is 307 g/mol. The lowest BCUT2D eigenvalue weighted by Gasteiger charge is -2.17. The zero-order chi connectivity index (χ0) is 15.9. The van der Waals surface area contributed by atoms with E-state index >= 15 is 0 Å². The summed E-state index contributed by atoms with van der Waals surface area (Å²) in [5.74, 6) is -0.551. The van der Waals surface area contributed by atoms with E-state index in [2.05, 4.69) is 10.6 Å². The molecule has 2 amide bonds. The maximum absolute atomic E-state index is 13.0. The second kappa shape index (κ2) is 7.77. The fourth-order valence-corrected chi connectivity index (χ4v) is 2.17. The van der Waals surface area contributed by atoms with E-state index in [0.717, 1.165) is 5.56 Å². The molecule has 22 heavy (non-hydrogen) atoms. The molecule has 2 aromatic carbocycles. The molecule has 0 saturated carbocycles. The van der Waals surface area contributed by atoms with Crippen LogP contribution in [0, 0.1) is 5.82 Å². The average molecular weight is 323 g/mol. The summed E-state index contributed by atoms with van der Waals surface area (Å²) in [6.45, 7) is -0.188. The first-order valence-corrected chi connectivity index (χ1v) is 7.13. The Balaban J connectivity index is 1.93. The van der Waals surface area contributed by atoms with E-state index in [1.165, 1.54) is 18.2 Å².